The molecule has 0 aliphatic carbocycles. The zero-order chi connectivity index (χ0) is 14.8. The molecular weight excluding hydrogens is 264 g/mol. The van der Waals surface area contributed by atoms with E-state index in [4.69, 9.17) is 0 Å². The van der Waals surface area contributed by atoms with Crippen LogP contribution in [-0.4, -0.2) is 22.2 Å². The average molecular weight is 284 g/mol. The first-order chi connectivity index (χ1) is 10.1. The van der Waals surface area contributed by atoms with Gasteiger partial charge in [-0.05, 0) is 37.1 Å². The Morgan fingerprint density at radius 1 is 1.48 bits per heavy atom. The van der Waals surface area contributed by atoms with Crippen LogP contribution in [-0.2, 0) is 26.6 Å². The van der Waals surface area contributed by atoms with Crippen LogP contribution >= 0.6 is 0 Å². The highest BCUT2D eigenvalue weighted by Gasteiger charge is 2.17. The number of rotatable bonds is 3. The maximum Gasteiger partial charge on any atom is 0.251 e. The molecule has 21 heavy (non-hydrogen) atoms. The van der Waals surface area contributed by atoms with Crippen LogP contribution in [0.4, 0.5) is 0 Å². The third kappa shape index (κ3) is 2.83. The Hall–Kier alpha value is -2.14. The van der Waals surface area contributed by atoms with Gasteiger partial charge in [0.05, 0.1) is 5.69 Å². The van der Waals surface area contributed by atoms with E-state index in [0.717, 1.165) is 36.3 Å². The number of carbonyl (C=O) groups excluding carboxylic acids is 1. The SMILES string of the molecule is Cc1nn(C)cc1CNC(=O)c1cccc2c1CCNC2. The minimum Gasteiger partial charge on any atom is -0.348 e. The molecule has 1 aromatic carbocycles. The molecule has 0 fully saturated rings. The van der Waals surface area contributed by atoms with E-state index >= 15 is 0 Å². The second-order valence-electron chi connectivity index (χ2n) is 5.47. The number of hydrogen-bond acceptors (Lipinski definition) is 3. The molecule has 0 saturated carbocycles. The second-order valence-corrected chi connectivity index (χ2v) is 5.47. The summed E-state index contributed by atoms with van der Waals surface area (Å²) in [7, 11) is 1.89. The lowest BCUT2D eigenvalue weighted by molar-refractivity contribution is 0.0949. The molecule has 0 unspecified atom stereocenters. The fourth-order valence-corrected chi connectivity index (χ4v) is 2.84. The molecular formula is C16H20N4O. The van der Waals surface area contributed by atoms with Gasteiger partial charge in [0.1, 0.15) is 0 Å². The summed E-state index contributed by atoms with van der Waals surface area (Å²) in [5, 5.41) is 10.6. The summed E-state index contributed by atoms with van der Waals surface area (Å²) in [6.45, 7) is 4.25. The number of benzene rings is 1. The van der Waals surface area contributed by atoms with Gasteiger partial charge in [-0.2, -0.15) is 5.10 Å². The first kappa shape index (κ1) is 13.8. The van der Waals surface area contributed by atoms with Crippen LogP contribution in [0.3, 0.4) is 0 Å². The lowest BCUT2D eigenvalue weighted by atomic mass is 9.95. The topological polar surface area (TPSA) is 59.0 Å². The molecule has 0 bridgehead atoms. The number of aryl methyl sites for hydroxylation is 2. The number of amides is 1. The molecule has 0 spiro atoms. The fraction of sp³-hybridized carbons (Fsp3) is 0.375. The Bertz CT molecular complexity index is 675. The van der Waals surface area contributed by atoms with E-state index in [1.54, 1.807) is 4.68 Å². The molecule has 110 valence electrons. The number of aromatic nitrogens is 2. The Labute approximate surface area is 124 Å². The number of nitrogens with one attached hydrogen (secondary N) is 2. The fourth-order valence-electron chi connectivity index (χ4n) is 2.84. The van der Waals surface area contributed by atoms with Crippen LogP contribution in [0.25, 0.3) is 0 Å². The third-order valence-electron chi connectivity index (χ3n) is 3.94. The molecule has 5 nitrogen and oxygen atoms in total. The van der Waals surface area contributed by atoms with E-state index in [-0.39, 0.29) is 5.91 Å². The molecule has 0 atom stereocenters. The normalized spacial score (nSPS) is 13.8. The summed E-state index contributed by atoms with van der Waals surface area (Å²) in [6.07, 6.45) is 2.85. The number of fused-ring (bicyclic) bond motifs is 1. The van der Waals surface area contributed by atoms with Crippen molar-refractivity contribution in [2.45, 2.75) is 26.4 Å². The number of carbonyl (C=O) groups is 1. The maximum atomic E-state index is 12.4. The third-order valence-corrected chi connectivity index (χ3v) is 3.94. The van der Waals surface area contributed by atoms with Crippen molar-refractivity contribution in [1.82, 2.24) is 20.4 Å². The highest BCUT2D eigenvalue weighted by molar-refractivity contribution is 5.96. The van der Waals surface area contributed by atoms with Crippen molar-refractivity contribution in [3.05, 3.63) is 52.3 Å². The molecule has 0 saturated heterocycles. The van der Waals surface area contributed by atoms with Crippen LogP contribution < -0.4 is 10.6 Å². The van der Waals surface area contributed by atoms with Gasteiger partial charge in [-0.15, -0.1) is 0 Å². The predicted octanol–water partition coefficient (Wildman–Crippen LogP) is 1.30. The quantitative estimate of drug-likeness (QED) is 0.893. The van der Waals surface area contributed by atoms with Gasteiger partial charge in [-0.1, -0.05) is 12.1 Å². The first-order valence-electron chi connectivity index (χ1n) is 7.24. The van der Waals surface area contributed by atoms with E-state index in [0.29, 0.717) is 6.54 Å². The Kier molecular flexibility index (Phi) is 3.75. The van der Waals surface area contributed by atoms with E-state index in [9.17, 15) is 4.79 Å². The molecule has 2 heterocycles. The van der Waals surface area contributed by atoms with E-state index < -0.39 is 0 Å². The van der Waals surface area contributed by atoms with Crippen LogP contribution in [0.1, 0.15) is 32.7 Å². The Morgan fingerprint density at radius 2 is 2.33 bits per heavy atom. The molecule has 0 radical (unpaired) electrons. The van der Waals surface area contributed by atoms with Gasteiger partial charge >= 0.3 is 0 Å². The zero-order valence-electron chi connectivity index (χ0n) is 12.4. The minimum absolute atomic E-state index is 0.00277. The standard InChI is InChI=1S/C16H20N4O/c1-11-13(10-20(2)19-11)9-18-16(21)15-5-3-4-12-8-17-7-6-14(12)15/h3-5,10,17H,6-9H2,1-2H3,(H,18,21). The van der Waals surface area contributed by atoms with Gasteiger partial charge in [-0.3, -0.25) is 9.48 Å². The highest BCUT2D eigenvalue weighted by Crippen LogP contribution is 2.18. The maximum absolute atomic E-state index is 12.4. The summed E-state index contributed by atoms with van der Waals surface area (Å²) < 4.78 is 1.77. The van der Waals surface area contributed by atoms with Crippen LogP contribution in [0.15, 0.2) is 24.4 Å². The lowest BCUT2D eigenvalue weighted by Crippen LogP contribution is -2.29. The van der Waals surface area contributed by atoms with E-state index in [2.05, 4.69) is 21.8 Å². The molecule has 1 amide bonds. The molecule has 3 rings (SSSR count). The van der Waals surface area contributed by atoms with Gasteiger partial charge in [0.2, 0.25) is 0 Å². The molecule has 2 aromatic rings. The summed E-state index contributed by atoms with van der Waals surface area (Å²) >= 11 is 0. The van der Waals surface area contributed by atoms with Crippen molar-refractivity contribution in [1.29, 1.82) is 0 Å². The van der Waals surface area contributed by atoms with Crippen molar-refractivity contribution in [3.63, 3.8) is 0 Å². The van der Waals surface area contributed by atoms with E-state index in [1.807, 2.05) is 32.3 Å². The van der Waals surface area contributed by atoms with Crippen molar-refractivity contribution < 1.29 is 4.79 Å². The van der Waals surface area contributed by atoms with Crippen LogP contribution in [0, 0.1) is 6.92 Å². The first-order valence-corrected chi connectivity index (χ1v) is 7.24. The Balaban J connectivity index is 1.75. The predicted molar refractivity (Wildman–Crippen MR) is 81.0 cm³/mol. The van der Waals surface area contributed by atoms with Gasteiger partial charge in [0, 0.05) is 37.5 Å². The summed E-state index contributed by atoms with van der Waals surface area (Å²) in [4.78, 5) is 12.4. The monoisotopic (exact) mass is 284 g/mol. The zero-order valence-corrected chi connectivity index (χ0v) is 12.4. The van der Waals surface area contributed by atoms with Gasteiger partial charge in [0.25, 0.3) is 5.91 Å². The van der Waals surface area contributed by atoms with Crippen molar-refractivity contribution in [3.8, 4) is 0 Å². The molecule has 5 heteroatoms. The second kappa shape index (κ2) is 5.69. The van der Waals surface area contributed by atoms with Gasteiger partial charge in [-0.25, -0.2) is 0 Å². The van der Waals surface area contributed by atoms with E-state index in [1.165, 1.54) is 11.1 Å². The van der Waals surface area contributed by atoms with Gasteiger partial charge in [0.15, 0.2) is 0 Å². The number of nitrogens with zero attached hydrogens (tertiary/aromatic N) is 2. The van der Waals surface area contributed by atoms with Crippen molar-refractivity contribution >= 4 is 5.91 Å². The van der Waals surface area contributed by atoms with Crippen molar-refractivity contribution in [2.75, 3.05) is 6.54 Å². The molecule has 1 aliphatic heterocycles. The summed E-state index contributed by atoms with van der Waals surface area (Å²) in [6, 6.07) is 5.95. The molecule has 1 aliphatic rings. The average Bonchev–Trinajstić information content (AvgIpc) is 2.82. The number of hydrogen-bond donors (Lipinski definition) is 2. The summed E-state index contributed by atoms with van der Waals surface area (Å²) in [5.41, 5.74) is 5.22. The Morgan fingerprint density at radius 3 is 3.10 bits per heavy atom. The molecule has 1 aromatic heterocycles. The lowest BCUT2D eigenvalue weighted by Gasteiger charge is -2.19. The minimum atomic E-state index is -0.00277. The van der Waals surface area contributed by atoms with Crippen LogP contribution in [0.5, 0.6) is 0 Å². The van der Waals surface area contributed by atoms with Gasteiger partial charge < -0.3 is 10.6 Å². The highest BCUT2D eigenvalue weighted by atomic mass is 16.1. The molecule has 2 N–H and O–H groups in total. The summed E-state index contributed by atoms with van der Waals surface area (Å²) in [5.74, 6) is -0.00277. The smallest absolute Gasteiger partial charge is 0.251 e. The van der Waals surface area contributed by atoms with Crippen molar-refractivity contribution in [2.24, 2.45) is 7.05 Å². The van der Waals surface area contributed by atoms with Crippen LogP contribution in [0.2, 0.25) is 0 Å². The largest absolute Gasteiger partial charge is 0.348 e.